The molecule has 1 saturated heterocycles. The van der Waals surface area contributed by atoms with Crippen molar-refractivity contribution in [2.45, 2.75) is 6.04 Å². The summed E-state index contributed by atoms with van der Waals surface area (Å²) in [4.78, 5) is 2.31. The second-order valence-corrected chi connectivity index (χ2v) is 4.74. The Kier molecular flexibility index (Phi) is 5.26. The Labute approximate surface area is 113 Å². The molecule has 1 aliphatic heterocycles. The van der Waals surface area contributed by atoms with Gasteiger partial charge in [-0.15, -0.1) is 0 Å². The molecule has 0 amide bonds. The van der Waals surface area contributed by atoms with Crippen LogP contribution in [0.15, 0.2) is 24.3 Å². The molecule has 1 heterocycles. The van der Waals surface area contributed by atoms with Crippen molar-refractivity contribution in [3.63, 3.8) is 0 Å². The number of hydrogen-bond acceptors (Lipinski definition) is 4. The van der Waals surface area contributed by atoms with Crippen LogP contribution in [0.3, 0.4) is 0 Å². The van der Waals surface area contributed by atoms with Gasteiger partial charge >= 0.3 is 0 Å². The molecule has 0 spiro atoms. The molecule has 0 aliphatic carbocycles. The number of hydrogen-bond donors (Lipinski definition) is 1. The van der Waals surface area contributed by atoms with Gasteiger partial charge in [-0.05, 0) is 18.2 Å². The maximum absolute atomic E-state index is 5.91. The maximum Gasteiger partial charge on any atom is 0.120 e. The number of nitrogens with zero attached hydrogens (tertiary/aromatic N) is 1. The number of morpholine rings is 1. The van der Waals surface area contributed by atoms with Crippen molar-refractivity contribution in [1.82, 2.24) is 4.90 Å². The molecule has 18 heavy (non-hydrogen) atoms. The van der Waals surface area contributed by atoms with E-state index in [1.165, 1.54) is 0 Å². The summed E-state index contributed by atoms with van der Waals surface area (Å²) in [7, 11) is 0. The molecule has 1 unspecified atom stereocenters. The standard InChI is InChI=1S/C13H19ClN2O2/c14-11-2-1-3-13(8-11)18-10-12(9-15)16-4-6-17-7-5-16/h1-3,8,12H,4-7,9-10,15H2. The summed E-state index contributed by atoms with van der Waals surface area (Å²) in [6, 6.07) is 7.65. The highest BCUT2D eigenvalue weighted by molar-refractivity contribution is 6.30. The Morgan fingerprint density at radius 1 is 1.39 bits per heavy atom. The zero-order valence-electron chi connectivity index (χ0n) is 10.3. The van der Waals surface area contributed by atoms with Gasteiger partial charge in [-0.2, -0.15) is 0 Å². The average molecular weight is 271 g/mol. The largest absolute Gasteiger partial charge is 0.492 e. The summed E-state index contributed by atoms with van der Waals surface area (Å²) in [5.74, 6) is 0.786. The van der Waals surface area contributed by atoms with Crippen LogP contribution in [0.5, 0.6) is 5.75 Å². The fourth-order valence-corrected chi connectivity index (χ4v) is 2.19. The van der Waals surface area contributed by atoms with E-state index < -0.39 is 0 Å². The Morgan fingerprint density at radius 2 is 2.17 bits per heavy atom. The molecule has 1 aromatic rings. The Hall–Kier alpha value is -0.810. The highest BCUT2D eigenvalue weighted by Crippen LogP contribution is 2.17. The van der Waals surface area contributed by atoms with Crippen molar-refractivity contribution in [3.8, 4) is 5.75 Å². The predicted octanol–water partition coefficient (Wildman–Crippen LogP) is 1.38. The van der Waals surface area contributed by atoms with Crippen molar-refractivity contribution in [3.05, 3.63) is 29.3 Å². The molecular weight excluding hydrogens is 252 g/mol. The Morgan fingerprint density at radius 3 is 2.83 bits per heavy atom. The highest BCUT2D eigenvalue weighted by atomic mass is 35.5. The van der Waals surface area contributed by atoms with Crippen LogP contribution in [0.25, 0.3) is 0 Å². The minimum absolute atomic E-state index is 0.230. The van der Waals surface area contributed by atoms with Crippen LogP contribution in [-0.2, 0) is 4.74 Å². The summed E-state index contributed by atoms with van der Waals surface area (Å²) < 4.78 is 11.1. The SMILES string of the molecule is NCC(COc1cccc(Cl)c1)N1CCOCC1. The van der Waals surface area contributed by atoms with E-state index in [1.807, 2.05) is 24.3 Å². The zero-order chi connectivity index (χ0) is 12.8. The molecule has 0 radical (unpaired) electrons. The van der Waals surface area contributed by atoms with Gasteiger partial charge in [0.2, 0.25) is 0 Å². The second-order valence-electron chi connectivity index (χ2n) is 4.31. The lowest BCUT2D eigenvalue weighted by molar-refractivity contribution is 0.00824. The summed E-state index contributed by atoms with van der Waals surface area (Å²) in [5, 5.41) is 0.683. The quantitative estimate of drug-likeness (QED) is 0.878. The lowest BCUT2D eigenvalue weighted by Crippen LogP contribution is -2.49. The van der Waals surface area contributed by atoms with Crippen LogP contribution in [0, 0.1) is 0 Å². The lowest BCUT2D eigenvalue weighted by atomic mass is 10.2. The Balaban J connectivity index is 1.86. The van der Waals surface area contributed by atoms with Gasteiger partial charge in [0.1, 0.15) is 12.4 Å². The fourth-order valence-electron chi connectivity index (χ4n) is 2.01. The van der Waals surface area contributed by atoms with Gasteiger partial charge in [0.25, 0.3) is 0 Å². The summed E-state index contributed by atoms with van der Waals surface area (Å²) in [6.45, 7) is 4.54. The van der Waals surface area contributed by atoms with Crippen LogP contribution in [0.2, 0.25) is 5.02 Å². The molecule has 2 rings (SSSR count). The molecule has 0 bridgehead atoms. The van der Waals surface area contributed by atoms with Crippen LogP contribution in [0.1, 0.15) is 0 Å². The molecular formula is C13H19ClN2O2. The van der Waals surface area contributed by atoms with Gasteiger partial charge < -0.3 is 15.2 Å². The van der Waals surface area contributed by atoms with Gasteiger partial charge in [0, 0.05) is 24.7 Å². The number of halogens is 1. The minimum atomic E-state index is 0.230. The number of rotatable bonds is 5. The van der Waals surface area contributed by atoms with E-state index in [0.29, 0.717) is 18.2 Å². The molecule has 1 aromatic carbocycles. The molecule has 1 fully saturated rings. The lowest BCUT2D eigenvalue weighted by Gasteiger charge is -2.33. The first-order valence-corrected chi connectivity index (χ1v) is 6.57. The maximum atomic E-state index is 5.91. The average Bonchev–Trinajstić information content (AvgIpc) is 2.41. The third-order valence-corrected chi connectivity index (χ3v) is 3.31. The molecule has 0 aromatic heterocycles. The van der Waals surface area contributed by atoms with Gasteiger partial charge in [-0.3, -0.25) is 4.90 Å². The van der Waals surface area contributed by atoms with Crippen molar-refractivity contribution in [2.75, 3.05) is 39.5 Å². The summed E-state index contributed by atoms with van der Waals surface area (Å²) in [6.07, 6.45) is 0. The molecule has 1 aliphatic rings. The normalized spacial score (nSPS) is 18.6. The number of benzene rings is 1. The van der Waals surface area contributed by atoms with Gasteiger partial charge in [-0.1, -0.05) is 17.7 Å². The highest BCUT2D eigenvalue weighted by Gasteiger charge is 2.20. The molecule has 100 valence electrons. The van der Waals surface area contributed by atoms with Crippen molar-refractivity contribution in [1.29, 1.82) is 0 Å². The van der Waals surface area contributed by atoms with E-state index in [9.17, 15) is 0 Å². The predicted molar refractivity (Wildman–Crippen MR) is 72.2 cm³/mol. The van der Waals surface area contributed by atoms with Crippen molar-refractivity contribution >= 4 is 11.6 Å². The van der Waals surface area contributed by atoms with Crippen molar-refractivity contribution < 1.29 is 9.47 Å². The third-order valence-electron chi connectivity index (χ3n) is 3.07. The van der Waals surface area contributed by atoms with E-state index in [1.54, 1.807) is 0 Å². The van der Waals surface area contributed by atoms with Crippen molar-refractivity contribution in [2.24, 2.45) is 5.73 Å². The van der Waals surface area contributed by atoms with E-state index >= 15 is 0 Å². The first-order valence-electron chi connectivity index (χ1n) is 6.20. The fraction of sp³-hybridized carbons (Fsp3) is 0.538. The first kappa shape index (κ1) is 13.6. The second kappa shape index (κ2) is 6.95. The number of ether oxygens (including phenoxy) is 2. The van der Waals surface area contributed by atoms with Gasteiger partial charge in [0.15, 0.2) is 0 Å². The van der Waals surface area contributed by atoms with Gasteiger partial charge in [-0.25, -0.2) is 0 Å². The molecule has 1 atom stereocenters. The first-order chi connectivity index (χ1) is 8.79. The van der Waals surface area contributed by atoms with Crippen LogP contribution in [0.4, 0.5) is 0 Å². The summed E-state index contributed by atoms with van der Waals surface area (Å²) >= 11 is 5.91. The van der Waals surface area contributed by atoms with E-state index in [2.05, 4.69) is 4.90 Å². The zero-order valence-corrected chi connectivity index (χ0v) is 11.1. The van der Waals surface area contributed by atoms with Crippen LogP contribution >= 0.6 is 11.6 Å². The molecule has 4 nitrogen and oxygen atoms in total. The van der Waals surface area contributed by atoms with Crippen LogP contribution in [-0.4, -0.2) is 50.4 Å². The smallest absolute Gasteiger partial charge is 0.120 e. The molecule has 0 saturated carbocycles. The molecule has 2 N–H and O–H groups in total. The van der Waals surface area contributed by atoms with E-state index in [-0.39, 0.29) is 6.04 Å². The van der Waals surface area contributed by atoms with Gasteiger partial charge in [0.05, 0.1) is 19.3 Å². The van der Waals surface area contributed by atoms with Crippen LogP contribution < -0.4 is 10.5 Å². The topological polar surface area (TPSA) is 47.7 Å². The summed E-state index contributed by atoms with van der Waals surface area (Å²) in [5.41, 5.74) is 5.81. The Bertz CT molecular complexity index is 370. The monoisotopic (exact) mass is 270 g/mol. The minimum Gasteiger partial charge on any atom is -0.492 e. The van der Waals surface area contributed by atoms with E-state index in [0.717, 1.165) is 32.1 Å². The molecule has 5 heteroatoms. The van der Waals surface area contributed by atoms with E-state index in [4.69, 9.17) is 26.8 Å². The third kappa shape index (κ3) is 3.85. The number of nitrogens with two attached hydrogens (primary N) is 1.